The predicted octanol–water partition coefficient (Wildman–Crippen LogP) is 1.95. The molecule has 0 bridgehead atoms. The van der Waals surface area contributed by atoms with Crippen molar-refractivity contribution in [3.8, 4) is 0 Å². The highest BCUT2D eigenvalue weighted by molar-refractivity contribution is 7.93. The van der Waals surface area contributed by atoms with E-state index >= 15 is 0 Å². The molecule has 2 aromatic carbocycles. The van der Waals surface area contributed by atoms with Gasteiger partial charge in [-0.2, -0.15) is 0 Å². The molecule has 150 valence electrons. The summed E-state index contributed by atoms with van der Waals surface area (Å²) in [5, 5.41) is 11.2. The lowest BCUT2D eigenvalue weighted by molar-refractivity contribution is -0.385. The van der Waals surface area contributed by atoms with Crippen LogP contribution >= 0.6 is 0 Å². The minimum Gasteiger partial charge on any atom is -0.266 e. The summed E-state index contributed by atoms with van der Waals surface area (Å²) in [7, 11) is -7.84. The molecule has 0 atom stereocenters. The van der Waals surface area contributed by atoms with Crippen molar-refractivity contribution in [2.24, 2.45) is 0 Å². The maximum absolute atomic E-state index is 13.1. The number of hydrogen-bond acceptors (Lipinski definition) is 6. The molecule has 1 N–H and O–H groups in total. The number of rotatable bonds is 6. The zero-order chi connectivity index (χ0) is 20.7. The van der Waals surface area contributed by atoms with Crippen LogP contribution in [0.3, 0.4) is 0 Å². The van der Waals surface area contributed by atoms with Crippen LogP contribution in [0.15, 0.2) is 46.2 Å². The van der Waals surface area contributed by atoms with Crippen LogP contribution in [0.1, 0.15) is 18.1 Å². The molecule has 0 fully saturated rings. The smallest absolute Gasteiger partial charge is 0.266 e. The molecule has 0 saturated carbocycles. The third kappa shape index (κ3) is 3.48. The highest BCUT2D eigenvalue weighted by Gasteiger charge is 2.33. The lowest BCUT2D eigenvalue weighted by atomic mass is 10.2. The Morgan fingerprint density at radius 2 is 1.79 bits per heavy atom. The van der Waals surface area contributed by atoms with Crippen molar-refractivity contribution in [2.75, 3.05) is 17.4 Å². The van der Waals surface area contributed by atoms with Crippen molar-refractivity contribution in [3.63, 3.8) is 0 Å². The van der Waals surface area contributed by atoms with Crippen LogP contribution in [-0.2, 0) is 26.5 Å². The van der Waals surface area contributed by atoms with Crippen LogP contribution in [0.4, 0.5) is 11.4 Å². The van der Waals surface area contributed by atoms with E-state index in [0.29, 0.717) is 17.5 Å². The summed E-state index contributed by atoms with van der Waals surface area (Å²) in [5.74, 6) is 0. The molecule has 0 amide bonds. The average molecular weight is 425 g/mol. The number of nitro benzene ring substituents is 1. The number of hydrogen-bond donors (Lipinski definition) is 1. The van der Waals surface area contributed by atoms with Crippen LogP contribution < -0.4 is 9.03 Å². The standard InChI is InChI=1S/C17H19N3O6S2/c1-3-18-27(23,24)14-7-5-13-8-9-19(17(13)10-14)28(25,26)15-6-4-12(2)16(11-15)20(21)22/h4-7,10-11,18H,3,8-9H2,1-2H3. The van der Waals surface area contributed by atoms with Crippen LogP contribution in [-0.4, -0.2) is 34.8 Å². The van der Waals surface area contributed by atoms with Gasteiger partial charge in [0.15, 0.2) is 0 Å². The van der Waals surface area contributed by atoms with Crippen LogP contribution in [0.2, 0.25) is 0 Å². The molecule has 0 radical (unpaired) electrons. The van der Waals surface area contributed by atoms with Gasteiger partial charge >= 0.3 is 0 Å². The Labute approximate surface area is 163 Å². The van der Waals surface area contributed by atoms with E-state index < -0.39 is 25.0 Å². The second-order valence-corrected chi connectivity index (χ2v) is 9.95. The summed E-state index contributed by atoms with van der Waals surface area (Å²) in [4.78, 5) is 10.3. The molecular weight excluding hydrogens is 406 g/mol. The molecule has 2 aromatic rings. The van der Waals surface area contributed by atoms with Gasteiger partial charge in [-0.15, -0.1) is 0 Å². The molecule has 0 unspecified atom stereocenters. The molecule has 1 aliphatic rings. The first-order valence-electron chi connectivity index (χ1n) is 8.48. The average Bonchev–Trinajstić information content (AvgIpc) is 3.05. The maximum Gasteiger partial charge on any atom is 0.273 e. The number of aryl methyl sites for hydroxylation is 1. The highest BCUT2D eigenvalue weighted by Crippen LogP contribution is 2.35. The number of nitro groups is 1. The molecule has 3 rings (SSSR count). The van der Waals surface area contributed by atoms with E-state index in [4.69, 9.17) is 0 Å². The van der Waals surface area contributed by atoms with E-state index in [9.17, 15) is 26.9 Å². The van der Waals surface area contributed by atoms with Gasteiger partial charge in [-0.25, -0.2) is 21.6 Å². The minimum absolute atomic E-state index is 0.0370. The monoisotopic (exact) mass is 425 g/mol. The van der Waals surface area contributed by atoms with Gasteiger partial charge in [0.05, 0.1) is 20.4 Å². The third-order valence-electron chi connectivity index (χ3n) is 4.52. The molecule has 1 heterocycles. The van der Waals surface area contributed by atoms with Gasteiger partial charge in [0, 0.05) is 24.7 Å². The SMILES string of the molecule is CCNS(=O)(=O)c1ccc2c(c1)N(S(=O)(=O)c1ccc(C)c([N+](=O)[O-])c1)CC2. The van der Waals surface area contributed by atoms with Crippen LogP contribution in [0.25, 0.3) is 0 Å². The van der Waals surface area contributed by atoms with Gasteiger partial charge < -0.3 is 0 Å². The number of anilines is 1. The molecule has 0 spiro atoms. The Kier molecular flexibility index (Phi) is 5.17. The van der Waals surface area contributed by atoms with Crippen molar-refractivity contribution >= 4 is 31.4 Å². The van der Waals surface area contributed by atoms with E-state index in [1.54, 1.807) is 13.0 Å². The number of nitrogens with zero attached hydrogens (tertiary/aromatic N) is 2. The number of sulfonamides is 2. The predicted molar refractivity (Wildman–Crippen MR) is 103 cm³/mol. The molecule has 1 aliphatic heterocycles. The van der Waals surface area contributed by atoms with Crippen molar-refractivity contribution in [1.82, 2.24) is 4.72 Å². The largest absolute Gasteiger partial charge is 0.273 e. The summed E-state index contributed by atoms with van der Waals surface area (Å²) in [6.07, 6.45) is 0.421. The minimum atomic E-state index is -4.09. The van der Waals surface area contributed by atoms with Crippen molar-refractivity contribution in [1.29, 1.82) is 0 Å². The molecular formula is C17H19N3O6S2. The lowest BCUT2D eigenvalue weighted by Gasteiger charge is -2.20. The van der Waals surface area contributed by atoms with Crippen molar-refractivity contribution < 1.29 is 21.8 Å². The van der Waals surface area contributed by atoms with Gasteiger partial charge in [0.25, 0.3) is 15.7 Å². The molecule has 0 aromatic heterocycles. The van der Waals surface area contributed by atoms with Gasteiger partial charge in [0.1, 0.15) is 0 Å². The van der Waals surface area contributed by atoms with E-state index in [-0.39, 0.29) is 34.3 Å². The molecule has 28 heavy (non-hydrogen) atoms. The molecule has 0 aliphatic carbocycles. The third-order valence-corrected chi connectivity index (χ3v) is 7.87. The summed E-state index contributed by atoms with van der Waals surface area (Å²) in [6.45, 7) is 3.50. The Morgan fingerprint density at radius 1 is 1.11 bits per heavy atom. The molecule has 11 heteroatoms. The Hall–Kier alpha value is -2.50. The highest BCUT2D eigenvalue weighted by atomic mass is 32.2. The summed E-state index contributed by atoms with van der Waals surface area (Å²) in [6, 6.07) is 8.07. The van der Waals surface area contributed by atoms with Crippen LogP contribution in [0, 0.1) is 17.0 Å². The maximum atomic E-state index is 13.1. The van der Waals surface area contributed by atoms with Gasteiger partial charge in [-0.05, 0) is 37.1 Å². The Morgan fingerprint density at radius 3 is 2.43 bits per heavy atom. The van der Waals surface area contributed by atoms with E-state index in [2.05, 4.69) is 4.72 Å². The van der Waals surface area contributed by atoms with Gasteiger partial charge in [0.2, 0.25) is 10.0 Å². The quantitative estimate of drug-likeness (QED) is 0.557. The zero-order valence-corrected chi connectivity index (χ0v) is 16.9. The Bertz CT molecular complexity index is 1160. The van der Waals surface area contributed by atoms with Crippen molar-refractivity contribution in [2.45, 2.75) is 30.1 Å². The van der Waals surface area contributed by atoms with E-state index in [1.807, 2.05) is 0 Å². The van der Waals surface area contributed by atoms with Crippen LogP contribution in [0.5, 0.6) is 0 Å². The van der Waals surface area contributed by atoms with E-state index in [1.165, 1.54) is 31.2 Å². The van der Waals surface area contributed by atoms with Gasteiger partial charge in [-0.1, -0.05) is 19.1 Å². The summed E-state index contributed by atoms with van der Waals surface area (Å²) >= 11 is 0. The molecule has 0 saturated heterocycles. The first-order chi connectivity index (χ1) is 13.1. The Balaban J connectivity index is 2.08. The number of fused-ring (bicyclic) bond motifs is 1. The summed E-state index contributed by atoms with van der Waals surface area (Å²) < 4.78 is 54.2. The van der Waals surface area contributed by atoms with Crippen molar-refractivity contribution in [3.05, 3.63) is 57.6 Å². The molecule has 9 nitrogen and oxygen atoms in total. The fourth-order valence-corrected chi connectivity index (χ4v) is 5.67. The number of benzene rings is 2. The fourth-order valence-electron chi connectivity index (χ4n) is 3.09. The normalized spacial score (nSPS) is 14.1. The van der Waals surface area contributed by atoms with Gasteiger partial charge in [-0.3, -0.25) is 14.4 Å². The lowest BCUT2D eigenvalue weighted by Crippen LogP contribution is -2.29. The topological polar surface area (TPSA) is 127 Å². The van der Waals surface area contributed by atoms with E-state index in [0.717, 1.165) is 10.4 Å². The first-order valence-corrected chi connectivity index (χ1v) is 11.4. The fraction of sp³-hybridized carbons (Fsp3) is 0.294. The number of nitrogens with one attached hydrogen (secondary N) is 1. The second kappa shape index (κ2) is 7.15. The summed E-state index contributed by atoms with van der Waals surface area (Å²) in [5.41, 5.74) is 1.02. The second-order valence-electron chi connectivity index (χ2n) is 6.32. The first kappa shape index (κ1) is 20.2. The zero-order valence-electron chi connectivity index (χ0n) is 15.2.